The molecule has 1 aromatic heterocycles. The largest absolute Gasteiger partial charge is 0.439 e. The van der Waals surface area contributed by atoms with Gasteiger partial charge in [-0.3, -0.25) is 0 Å². The molecule has 1 aliphatic rings. The molecule has 4 rings (SSSR count). The first-order chi connectivity index (χ1) is 17.1. The number of amides is 2. The Morgan fingerprint density at radius 2 is 1.78 bits per heavy atom. The Morgan fingerprint density at radius 3 is 2.44 bits per heavy atom. The summed E-state index contributed by atoms with van der Waals surface area (Å²) in [5.74, 6) is 1.11. The molecule has 0 bridgehead atoms. The molecule has 0 spiro atoms. The number of urea groups is 1. The fourth-order valence-corrected chi connectivity index (χ4v) is 3.95. The maximum atomic E-state index is 14.2. The molecule has 1 unspecified atom stereocenters. The zero-order valence-corrected chi connectivity index (χ0v) is 21.1. The molecule has 36 heavy (non-hydrogen) atoms. The van der Waals surface area contributed by atoms with E-state index in [9.17, 15) is 13.6 Å². The first-order valence-corrected chi connectivity index (χ1v) is 11.8. The lowest BCUT2D eigenvalue weighted by atomic mass is 10.1. The van der Waals surface area contributed by atoms with Crippen LogP contribution in [0.4, 0.5) is 36.5 Å². The highest BCUT2D eigenvalue weighted by molar-refractivity contribution is 7.17. The van der Waals surface area contributed by atoms with Gasteiger partial charge in [0.25, 0.3) is 5.66 Å². The van der Waals surface area contributed by atoms with Crippen LogP contribution < -0.4 is 26.0 Å². The van der Waals surface area contributed by atoms with Crippen molar-refractivity contribution >= 4 is 38.2 Å². The van der Waals surface area contributed by atoms with Gasteiger partial charge in [-0.2, -0.15) is 8.78 Å². The molecule has 1 aliphatic heterocycles. The van der Waals surface area contributed by atoms with Crippen molar-refractivity contribution in [2.45, 2.75) is 12.6 Å². The third-order valence-corrected chi connectivity index (χ3v) is 6.07. The standard InChI is InChI=1S/C24H28F2N7O2P/c1-15-9-17(3-4-20(15)35-22-13-21(27)28-14-29-22)30-23(34)31-18-10-16(24(25,26)36)11-19(12-18)33-7-5-32(2)6-8-33/h3-4,9-14H,5-8,36H2,1-2H3,(H2,27,28,29)(H2,30,31,34). The number of hydrogen-bond acceptors (Lipinski definition) is 7. The Bertz CT molecular complexity index is 1250. The van der Waals surface area contributed by atoms with Gasteiger partial charge in [0.2, 0.25) is 5.88 Å². The molecule has 1 saturated heterocycles. The molecule has 4 N–H and O–H groups in total. The van der Waals surface area contributed by atoms with Crippen LogP contribution in [0.5, 0.6) is 11.6 Å². The number of ether oxygens (including phenoxy) is 1. The summed E-state index contributed by atoms with van der Waals surface area (Å²) in [5, 5.41) is 5.41. The van der Waals surface area contributed by atoms with E-state index in [-0.39, 0.29) is 17.1 Å². The topological polar surface area (TPSA) is 109 Å². The number of carbonyl (C=O) groups excluding carboxylic acids is 1. The van der Waals surface area contributed by atoms with Crippen molar-refractivity contribution < 1.29 is 18.3 Å². The highest BCUT2D eigenvalue weighted by Gasteiger charge is 2.27. The van der Waals surface area contributed by atoms with Crippen molar-refractivity contribution in [3.63, 3.8) is 0 Å². The van der Waals surface area contributed by atoms with Crippen LogP contribution in [0.15, 0.2) is 48.8 Å². The summed E-state index contributed by atoms with van der Waals surface area (Å²) in [6.45, 7) is 4.89. The van der Waals surface area contributed by atoms with Crippen molar-refractivity contribution in [1.82, 2.24) is 14.9 Å². The number of rotatable bonds is 6. The average molecular weight is 516 g/mol. The molecule has 0 saturated carbocycles. The Morgan fingerprint density at radius 1 is 1.06 bits per heavy atom. The monoisotopic (exact) mass is 515 g/mol. The normalized spacial score (nSPS) is 14.4. The highest BCUT2D eigenvalue weighted by atomic mass is 31.0. The van der Waals surface area contributed by atoms with E-state index in [0.717, 1.165) is 18.7 Å². The summed E-state index contributed by atoms with van der Waals surface area (Å²) in [6.07, 6.45) is 1.30. The van der Waals surface area contributed by atoms with E-state index in [2.05, 4.69) is 25.5 Å². The third-order valence-electron chi connectivity index (χ3n) is 5.74. The Labute approximate surface area is 210 Å². The molecular formula is C24H28F2N7O2P. The summed E-state index contributed by atoms with van der Waals surface area (Å²) in [4.78, 5) is 24.8. The first kappa shape index (κ1) is 25.5. The molecular weight excluding hydrogens is 487 g/mol. The van der Waals surface area contributed by atoms with E-state index in [0.29, 0.717) is 36.1 Å². The van der Waals surface area contributed by atoms with Crippen LogP contribution in [0, 0.1) is 6.92 Å². The van der Waals surface area contributed by atoms with E-state index in [1.807, 2.05) is 18.9 Å². The van der Waals surface area contributed by atoms with E-state index < -0.39 is 11.7 Å². The van der Waals surface area contributed by atoms with Gasteiger partial charge < -0.3 is 30.9 Å². The van der Waals surface area contributed by atoms with Gasteiger partial charge in [-0.15, -0.1) is 0 Å². The number of nitrogens with two attached hydrogens (primary N) is 1. The lowest BCUT2D eigenvalue weighted by Crippen LogP contribution is -2.44. The Hall–Kier alpha value is -3.56. The number of hydrogen-bond donors (Lipinski definition) is 3. The van der Waals surface area contributed by atoms with Crippen molar-refractivity contribution in [1.29, 1.82) is 0 Å². The number of anilines is 4. The zero-order chi connectivity index (χ0) is 25.9. The molecule has 190 valence electrons. The molecule has 12 heteroatoms. The number of benzene rings is 2. The van der Waals surface area contributed by atoms with Crippen LogP contribution >= 0.6 is 9.24 Å². The summed E-state index contributed by atoms with van der Waals surface area (Å²) >= 11 is 0. The van der Waals surface area contributed by atoms with Crippen LogP contribution in [0.2, 0.25) is 0 Å². The minimum Gasteiger partial charge on any atom is -0.439 e. The van der Waals surface area contributed by atoms with Crippen molar-refractivity contribution in [2.24, 2.45) is 0 Å². The Kier molecular flexibility index (Phi) is 7.51. The maximum absolute atomic E-state index is 14.2. The first-order valence-electron chi connectivity index (χ1n) is 11.3. The lowest BCUT2D eigenvalue weighted by molar-refractivity contribution is 0.104. The molecule has 9 nitrogen and oxygen atoms in total. The maximum Gasteiger partial charge on any atom is 0.323 e. The smallest absolute Gasteiger partial charge is 0.323 e. The summed E-state index contributed by atoms with van der Waals surface area (Å²) < 4.78 is 34.1. The van der Waals surface area contributed by atoms with E-state index in [4.69, 9.17) is 10.5 Å². The zero-order valence-electron chi connectivity index (χ0n) is 20.0. The van der Waals surface area contributed by atoms with E-state index in [1.54, 1.807) is 33.5 Å². The molecule has 2 amide bonds. The van der Waals surface area contributed by atoms with Crippen LogP contribution in [0.25, 0.3) is 0 Å². The number of halogens is 2. The van der Waals surface area contributed by atoms with Crippen LogP contribution in [0.1, 0.15) is 11.1 Å². The number of nitrogens with one attached hydrogen (secondary N) is 2. The summed E-state index contributed by atoms with van der Waals surface area (Å²) in [7, 11) is 3.58. The van der Waals surface area contributed by atoms with E-state index >= 15 is 0 Å². The minimum atomic E-state index is -3.13. The van der Waals surface area contributed by atoms with Crippen molar-refractivity contribution in [2.75, 3.05) is 54.5 Å². The quantitative estimate of drug-likeness (QED) is 0.416. The molecule has 2 aromatic carbocycles. The van der Waals surface area contributed by atoms with Crippen molar-refractivity contribution in [3.8, 4) is 11.6 Å². The second-order valence-electron chi connectivity index (χ2n) is 8.62. The van der Waals surface area contributed by atoms with Gasteiger partial charge in [0.15, 0.2) is 0 Å². The van der Waals surface area contributed by atoms with Gasteiger partial charge in [-0.25, -0.2) is 14.8 Å². The Balaban J connectivity index is 1.47. The number of aromatic nitrogens is 2. The van der Waals surface area contributed by atoms with Crippen LogP contribution in [-0.4, -0.2) is 54.1 Å². The van der Waals surface area contributed by atoms with Gasteiger partial charge in [0.05, 0.1) is 0 Å². The minimum absolute atomic E-state index is 0.193. The number of carbonyl (C=O) groups is 1. The molecule has 1 fully saturated rings. The number of aryl methyl sites for hydroxylation is 1. The van der Waals surface area contributed by atoms with Gasteiger partial charge in [-0.1, -0.05) is 9.24 Å². The predicted octanol–water partition coefficient (Wildman–Crippen LogP) is 4.48. The molecule has 3 aromatic rings. The second-order valence-corrected chi connectivity index (χ2v) is 9.35. The predicted molar refractivity (Wildman–Crippen MR) is 140 cm³/mol. The van der Waals surface area contributed by atoms with Gasteiger partial charge >= 0.3 is 6.03 Å². The van der Waals surface area contributed by atoms with Crippen molar-refractivity contribution in [3.05, 3.63) is 59.9 Å². The molecule has 1 atom stereocenters. The van der Waals surface area contributed by atoms with Crippen LogP contribution in [-0.2, 0) is 5.66 Å². The fraction of sp³-hybridized carbons (Fsp3) is 0.292. The highest BCUT2D eigenvalue weighted by Crippen LogP contribution is 2.38. The number of likely N-dealkylation sites (N-methyl/N-ethyl adjacent to an activating group) is 1. The third kappa shape index (κ3) is 6.56. The van der Waals surface area contributed by atoms with E-state index in [1.165, 1.54) is 24.5 Å². The van der Waals surface area contributed by atoms with Gasteiger partial charge in [-0.05, 0) is 55.9 Å². The number of piperazine rings is 1. The average Bonchev–Trinajstić information content (AvgIpc) is 2.80. The molecule has 0 aliphatic carbocycles. The van der Waals surface area contributed by atoms with Gasteiger partial charge in [0.1, 0.15) is 17.9 Å². The fourth-order valence-electron chi connectivity index (χ4n) is 3.78. The number of nitrogens with zero attached hydrogens (tertiary/aromatic N) is 4. The lowest BCUT2D eigenvalue weighted by Gasteiger charge is -2.34. The molecule has 0 radical (unpaired) electrons. The SMILES string of the molecule is Cc1cc(NC(=O)Nc2cc(N3CCN(C)CC3)cc(C(F)(F)P)c2)ccc1Oc1cc(N)ncn1. The van der Waals surface area contributed by atoms with Crippen LogP contribution in [0.3, 0.4) is 0 Å². The molecule has 2 heterocycles. The number of alkyl halides is 2. The summed E-state index contributed by atoms with van der Waals surface area (Å²) in [6, 6.07) is 10.5. The summed E-state index contributed by atoms with van der Waals surface area (Å²) in [5.41, 5.74) is 4.49. The van der Waals surface area contributed by atoms with Gasteiger partial charge in [0, 0.05) is 54.9 Å². The second kappa shape index (κ2) is 10.6. The number of nitrogen functional groups attached to an aromatic ring is 1.